The summed E-state index contributed by atoms with van der Waals surface area (Å²) in [6.45, 7) is 3.51. The molecule has 0 atom stereocenters. The van der Waals surface area contributed by atoms with Crippen molar-refractivity contribution in [1.82, 2.24) is 15.0 Å². The van der Waals surface area contributed by atoms with E-state index in [2.05, 4.69) is 38.4 Å². The molecule has 27 heavy (non-hydrogen) atoms. The number of nitrogens with zero attached hydrogens (tertiary/aromatic N) is 4. The van der Waals surface area contributed by atoms with Gasteiger partial charge < -0.3 is 15.0 Å². The average Bonchev–Trinajstić information content (AvgIpc) is 3.09. The Hall–Kier alpha value is -3.41. The highest BCUT2D eigenvalue weighted by atomic mass is 16.5. The third-order valence-electron chi connectivity index (χ3n) is 4.42. The van der Waals surface area contributed by atoms with Gasteiger partial charge in [0.05, 0.1) is 25.2 Å². The number of benzene rings is 1. The minimum Gasteiger partial charge on any atom is -0.497 e. The molecule has 1 N–H and O–H groups in total. The van der Waals surface area contributed by atoms with Crippen molar-refractivity contribution < 1.29 is 4.74 Å². The molecule has 1 aliphatic heterocycles. The first kappa shape index (κ1) is 17.0. The van der Waals surface area contributed by atoms with E-state index in [1.54, 1.807) is 13.3 Å². The summed E-state index contributed by atoms with van der Waals surface area (Å²) >= 11 is 0. The molecule has 2 aromatic heterocycles. The van der Waals surface area contributed by atoms with Gasteiger partial charge in [0.15, 0.2) is 11.6 Å². The minimum atomic E-state index is 0.686. The van der Waals surface area contributed by atoms with Gasteiger partial charge in [-0.3, -0.25) is 0 Å². The van der Waals surface area contributed by atoms with Crippen LogP contribution in [0.3, 0.4) is 0 Å². The van der Waals surface area contributed by atoms with E-state index in [4.69, 9.17) is 9.72 Å². The lowest BCUT2D eigenvalue weighted by molar-refractivity contribution is 0.414. The highest BCUT2D eigenvalue weighted by Gasteiger charge is 2.19. The van der Waals surface area contributed by atoms with Crippen LogP contribution in [0, 0.1) is 6.92 Å². The van der Waals surface area contributed by atoms with Crippen molar-refractivity contribution in [3.8, 4) is 5.75 Å². The fourth-order valence-corrected chi connectivity index (χ4v) is 3.00. The van der Waals surface area contributed by atoms with Gasteiger partial charge in [-0.1, -0.05) is 12.1 Å². The number of aromatic nitrogens is 3. The zero-order chi connectivity index (χ0) is 18.6. The van der Waals surface area contributed by atoms with E-state index in [-0.39, 0.29) is 0 Å². The first-order chi connectivity index (χ1) is 13.2. The quantitative estimate of drug-likeness (QED) is 0.749. The van der Waals surface area contributed by atoms with Gasteiger partial charge in [-0.05, 0) is 55.0 Å². The second-order valence-electron chi connectivity index (χ2n) is 6.37. The topological polar surface area (TPSA) is 63.2 Å². The number of aryl methyl sites for hydroxylation is 1. The van der Waals surface area contributed by atoms with Crippen LogP contribution < -0.4 is 15.0 Å². The molecule has 0 bridgehead atoms. The number of hydrogen-bond acceptors (Lipinski definition) is 6. The Balaban J connectivity index is 1.48. The van der Waals surface area contributed by atoms with Crippen LogP contribution in [-0.4, -0.2) is 28.7 Å². The molecule has 6 nitrogen and oxygen atoms in total. The summed E-state index contributed by atoms with van der Waals surface area (Å²) in [6.07, 6.45) is 5.57. The molecule has 0 radical (unpaired) electrons. The molecule has 136 valence electrons. The van der Waals surface area contributed by atoms with Crippen molar-refractivity contribution in [2.75, 3.05) is 24.0 Å². The van der Waals surface area contributed by atoms with Crippen LogP contribution in [-0.2, 0) is 6.54 Å². The van der Waals surface area contributed by atoms with Crippen molar-refractivity contribution >= 4 is 23.7 Å². The van der Waals surface area contributed by atoms with Crippen LogP contribution in [0.1, 0.15) is 22.8 Å². The van der Waals surface area contributed by atoms with Gasteiger partial charge in [-0.15, -0.1) is 0 Å². The summed E-state index contributed by atoms with van der Waals surface area (Å²) < 4.78 is 5.22. The van der Waals surface area contributed by atoms with E-state index in [0.29, 0.717) is 5.82 Å². The second-order valence-corrected chi connectivity index (χ2v) is 6.37. The maximum absolute atomic E-state index is 5.22. The number of pyridine rings is 1. The van der Waals surface area contributed by atoms with E-state index in [0.717, 1.165) is 41.9 Å². The summed E-state index contributed by atoms with van der Waals surface area (Å²) in [5, 5.41) is 3.37. The molecular weight excluding hydrogens is 338 g/mol. The molecule has 0 unspecified atom stereocenters. The summed E-state index contributed by atoms with van der Waals surface area (Å²) in [6, 6.07) is 14.1. The predicted octanol–water partition coefficient (Wildman–Crippen LogP) is 3.75. The number of methoxy groups -OCH3 is 1. The monoisotopic (exact) mass is 359 g/mol. The molecule has 4 rings (SSSR count). The van der Waals surface area contributed by atoms with Gasteiger partial charge in [-0.25, -0.2) is 15.0 Å². The molecule has 0 saturated carbocycles. The van der Waals surface area contributed by atoms with Crippen LogP contribution in [0.25, 0.3) is 12.2 Å². The SMILES string of the molecule is COc1ccc(CN2CNc3nc(/C=C/c4nccc(C)n4)ccc32)cc1. The van der Waals surface area contributed by atoms with Gasteiger partial charge in [0, 0.05) is 18.4 Å². The first-order valence-electron chi connectivity index (χ1n) is 8.82. The predicted molar refractivity (Wildman–Crippen MR) is 108 cm³/mol. The third-order valence-corrected chi connectivity index (χ3v) is 4.42. The smallest absolute Gasteiger partial charge is 0.152 e. The van der Waals surface area contributed by atoms with Crippen LogP contribution in [0.15, 0.2) is 48.7 Å². The Morgan fingerprint density at radius 3 is 2.70 bits per heavy atom. The lowest BCUT2D eigenvalue weighted by Gasteiger charge is -2.17. The summed E-state index contributed by atoms with van der Waals surface area (Å²) in [5.41, 5.74) is 4.15. The number of anilines is 2. The third kappa shape index (κ3) is 3.89. The summed E-state index contributed by atoms with van der Waals surface area (Å²) in [5.74, 6) is 2.46. The molecule has 0 saturated heterocycles. The molecule has 6 heteroatoms. The number of rotatable bonds is 5. The van der Waals surface area contributed by atoms with Crippen molar-refractivity contribution in [1.29, 1.82) is 0 Å². The number of nitrogens with one attached hydrogen (secondary N) is 1. The van der Waals surface area contributed by atoms with Crippen LogP contribution in [0.2, 0.25) is 0 Å². The Morgan fingerprint density at radius 2 is 1.93 bits per heavy atom. The fourth-order valence-electron chi connectivity index (χ4n) is 3.00. The average molecular weight is 359 g/mol. The molecule has 0 amide bonds. The number of hydrogen-bond donors (Lipinski definition) is 1. The van der Waals surface area contributed by atoms with Gasteiger partial charge >= 0.3 is 0 Å². The Bertz CT molecular complexity index is 969. The lowest BCUT2D eigenvalue weighted by Crippen LogP contribution is -2.21. The Morgan fingerprint density at radius 1 is 1.07 bits per heavy atom. The maximum Gasteiger partial charge on any atom is 0.152 e. The van der Waals surface area contributed by atoms with Crippen LogP contribution in [0.5, 0.6) is 5.75 Å². The molecule has 3 heterocycles. The summed E-state index contributed by atoms with van der Waals surface area (Å²) in [7, 11) is 1.68. The molecule has 0 aliphatic carbocycles. The normalized spacial score (nSPS) is 12.9. The largest absolute Gasteiger partial charge is 0.497 e. The number of fused-ring (bicyclic) bond motifs is 1. The molecule has 3 aromatic rings. The van der Waals surface area contributed by atoms with E-state index in [9.17, 15) is 0 Å². The molecule has 0 fully saturated rings. The molecular formula is C21H21N5O. The minimum absolute atomic E-state index is 0.686. The molecule has 1 aliphatic rings. The highest BCUT2D eigenvalue weighted by Crippen LogP contribution is 2.31. The van der Waals surface area contributed by atoms with Gasteiger partial charge in [0.1, 0.15) is 5.75 Å². The first-order valence-corrected chi connectivity index (χ1v) is 8.82. The van der Waals surface area contributed by atoms with Crippen molar-refractivity contribution in [2.45, 2.75) is 13.5 Å². The van der Waals surface area contributed by atoms with Crippen molar-refractivity contribution in [3.63, 3.8) is 0 Å². The van der Waals surface area contributed by atoms with E-state index < -0.39 is 0 Å². The van der Waals surface area contributed by atoms with E-state index in [1.807, 2.05) is 43.3 Å². The number of ether oxygens (including phenoxy) is 1. The second kappa shape index (κ2) is 7.45. The zero-order valence-electron chi connectivity index (χ0n) is 15.4. The molecule has 1 aromatic carbocycles. The lowest BCUT2D eigenvalue weighted by atomic mass is 10.2. The zero-order valence-corrected chi connectivity index (χ0v) is 15.4. The van der Waals surface area contributed by atoms with Crippen molar-refractivity contribution in [3.05, 3.63) is 71.4 Å². The Kier molecular flexibility index (Phi) is 4.70. The fraction of sp³-hybridized carbons (Fsp3) is 0.190. The van der Waals surface area contributed by atoms with E-state index in [1.165, 1.54) is 5.56 Å². The Labute approximate surface area is 158 Å². The summed E-state index contributed by atoms with van der Waals surface area (Å²) in [4.78, 5) is 15.6. The van der Waals surface area contributed by atoms with Crippen LogP contribution in [0.4, 0.5) is 11.5 Å². The van der Waals surface area contributed by atoms with Gasteiger partial charge in [0.25, 0.3) is 0 Å². The maximum atomic E-state index is 5.22. The molecule has 0 spiro atoms. The van der Waals surface area contributed by atoms with Crippen LogP contribution >= 0.6 is 0 Å². The van der Waals surface area contributed by atoms with E-state index >= 15 is 0 Å². The highest BCUT2D eigenvalue weighted by molar-refractivity contribution is 5.74. The standard InChI is InChI=1S/C21H21N5O/c1-15-11-12-22-20(24-15)10-6-17-5-9-19-21(25-17)23-14-26(19)13-16-3-7-18(27-2)8-4-16/h3-12H,13-14H2,1-2H3,(H,23,25)/b10-6+. The van der Waals surface area contributed by atoms with Gasteiger partial charge in [-0.2, -0.15) is 0 Å². The van der Waals surface area contributed by atoms with Crippen molar-refractivity contribution in [2.24, 2.45) is 0 Å². The van der Waals surface area contributed by atoms with Gasteiger partial charge in [0.2, 0.25) is 0 Å².